The molecule has 1 atom stereocenters. The van der Waals surface area contributed by atoms with Gasteiger partial charge in [-0.1, -0.05) is 20.3 Å². The molecule has 0 radical (unpaired) electrons. The molecule has 2 aliphatic rings. The molecule has 1 saturated heterocycles. The van der Waals surface area contributed by atoms with Gasteiger partial charge in [0, 0.05) is 19.1 Å². The Hall–Kier alpha value is -0.610. The van der Waals surface area contributed by atoms with E-state index in [0.29, 0.717) is 18.5 Å². The van der Waals surface area contributed by atoms with E-state index in [4.69, 9.17) is 5.73 Å². The molecule has 2 rings (SSSR count). The monoisotopic (exact) mass is 267 g/mol. The first kappa shape index (κ1) is 14.8. The zero-order chi connectivity index (χ0) is 13.9. The lowest BCUT2D eigenvalue weighted by Crippen LogP contribution is -2.54. The summed E-state index contributed by atoms with van der Waals surface area (Å²) in [6.45, 7) is 8.13. The van der Waals surface area contributed by atoms with Gasteiger partial charge in [0.25, 0.3) is 0 Å². The predicted octanol–water partition coefficient (Wildman–Crippen LogP) is 1.35. The van der Waals surface area contributed by atoms with Crippen LogP contribution in [0.3, 0.4) is 0 Å². The van der Waals surface area contributed by atoms with Crippen LogP contribution < -0.4 is 11.1 Å². The number of hydrogen-bond donors (Lipinski definition) is 2. The Morgan fingerprint density at radius 3 is 2.32 bits per heavy atom. The molecule has 1 aliphatic carbocycles. The van der Waals surface area contributed by atoms with E-state index in [1.807, 2.05) is 0 Å². The zero-order valence-electron chi connectivity index (χ0n) is 12.5. The van der Waals surface area contributed by atoms with Crippen molar-refractivity contribution in [1.82, 2.24) is 10.2 Å². The first-order valence-electron chi connectivity index (χ1n) is 7.81. The number of nitrogens with two attached hydrogens (primary N) is 1. The molecule has 0 spiro atoms. The lowest BCUT2D eigenvalue weighted by atomic mass is 9.68. The van der Waals surface area contributed by atoms with Gasteiger partial charge in [0.15, 0.2) is 0 Å². The highest BCUT2D eigenvalue weighted by atomic mass is 16.2. The van der Waals surface area contributed by atoms with Crippen LogP contribution in [0.2, 0.25) is 0 Å². The smallest absolute Gasteiger partial charge is 0.227 e. The van der Waals surface area contributed by atoms with Crippen molar-refractivity contribution in [2.45, 2.75) is 52.0 Å². The maximum absolute atomic E-state index is 12.3. The molecule has 19 heavy (non-hydrogen) atoms. The van der Waals surface area contributed by atoms with Crippen LogP contribution in [0.4, 0.5) is 0 Å². The predicted molar refractivity (Wildman–Crippen MR) is 77.8 cm³/mol. The summed E-state index contributed by atoms with van der Waals surface area (Å²) in [7, 11) is 0. The summed E-state index contributed by atoms with van der Waals surface area (Å²) in [6.07, 6.45) is 5.66. The number of carbonyl (C=O) groups is 1. The number of rotatable bonds is 6. The molecule has 1 unspecified atom stereocenters. The van der Waals surface area contributed by atoms with Gasteiger partial charge in [-0.3, -0.25) is 9.69 Å². The molecule has 110 valence electrons. The average molecular weight is 267 g/mol. The molecule has 4 nitrogen and oxygen atoms in total. The summed E-state index contributed by atoms with van der Waals surface area (Å²) in [5.41, 5.74) is 5.54. The van der Waals surface area contributed by atoms with Crippen molar-refractivity contribution in [2.24, 2.45) is 17.1 Å². The van der Waals surface area contributed by atoms with Crippen molar-refractivity contribution in [3.63, 3.8) is 0 Å². The third-order valence-electron chi connectivity index (χ3n) is 5.03. The molecule has 1 saturated carbocycles. The molecule has 0 bridgehead atoms. The van der Waals surface area contributed by atoms with E-state index in [9.17, 15) is 4.79 Å². The lowest BCUT2D eigenvalue weighted by molar-refractivity contribution is -0.135. The van der Waals surface area contributed by atoms with E-state index >= 15 is 0 Å². The highest BCUT2D eigenvalue weighted by Crippen LogP contribution is 2.40. The van der Waals surface area contributed by atoms with Gasteiger partial charge in [0.05, 0.1) is 5.41 Å². The maximum atomic E-state index is 12.3. The number of carbonyl (C=O) groups excluding carboxylic acids is 1. The van der Waals surface area contributed by atoms with Gasteiger partial charge < -0.3 is 11.1 Å². The third kappa shape index (κ3) is 3.11. The molecule has 1 amide bonds. The highest BCUT2D eigenvalue weighted by Gasteiger charge is 2.43. The largest absolute Gasteiger partial charge is 0.354 e. The fourth-order valence-electron chi connectivity index (χ4n) is 3.37. The van der Waals surface area contributed by atoms with Gasteiger partial charge in [-0.25, -0.2) is 0 Å². The van der Waals surface area contributed by atoms with Crippen molar-refractivity contribution in [1.29, 1.82) is 0 Å². The second kappa shape index (κ2) is 6.23. The Bertz CT molecular complexity index is 301. The minimum atomic E-state index is -0.244. The molecule has 4 heteroatoms. The summed E-state index contributed by atoms with van der Waals surface area (Å²) in [5.74, 6) is 0.764. The highest BCUT2D eigenvalue weighted by molar-refractivity contribution is 5.83. The minimum Gasteiger partial charge on any atom is -0.354 e. The van der Waals surface area contributed by atoms with Gasteiger partial charge in [0.1, 0.15) is 0 Å². The van der Waals surface area contributed by atoms with Crippen LogP contribution in [0.5, 0.6) is 0 Å². The van der Waals surface area contributed by atoms with Gasteiger partial charge in [-0.15, -0.1) is 0 Å². The molecule has 0 aromatic carbocycles. The van der Waals surface area contributed by atoms with E-state index in [2.05, 4.69) is 24.1 Å². The molecule has 1 heterocycles. The second-order valence-electron chi connectivity index (χ2n) is 6.60. The van der Waals surface area contributed by atoms with Crippen LogP contribution in [-0.4, -0.2) is 43.0 Å². The molecule has 1 aliphatic heterocycles. The van der Waals surface area contributed by atoms with Crippen LogP contribution in [0.1, 0.15) is 46.0 Å². The molecule has 0 aromatic rings. The summed E-state index contributed by atoms with van der Waals surface area (Å²) in [5, 5.41) is 3.17. The topological polar surface area (TPSA) is 58.4 Å². The van der Waals surface area contributed by atoms with Crippen molar-refractivity contribution in [2.75, 3.05) is 26.2 Å². The zero-order valence-corrected chi connectivity index (χ0v) is 12.5. The van der Waals surface area contributed by atoms with Crippen molar-refractivity contribution in [3.8, 4) is 0 Å². The number of nitrogens with one attached hydrogen (secondary N) is 1. The second-order valence-corrected chi connectivity index (χ2v) is 6.60. The molecular weight excluding hydrogens is 238 g/mol. The number of amides is 1. The first-order valence-corrected chi connectivity index (χ1v) is 7.81. The summed E-state index contributed by atoms with van der Waals surface area (Å²) in [6, 6.07) is 0.473. The Morgan fingerprint density at radius 1 is 1.26 bits per heavy atom. The van der Waals surface area contributed by atoms with Crippen molar-refractivity contribution < 1.29 is 4.79 Å². The SMILES string of the molecule is CC(C)C(CNC(=O)C1(CN)CCC1)N1CCCC1. The average Bonchev–Trinajstić information content (AvgIpc) is 2.81. The van der Waals surface area contributed by atoms with Gasteiger partial charge >= 0.3 is 0 Å². The Labute approximate surface area is 117 Å². The summed E-state index contributed by atoms with van der Waals surface area (Å²) >= 11 is 0. The van der Waals surface area contributed by atoms with Crippen LogP contribution in [0, 0.1) is 11.3 Å². The van der Waals surface area contributed by atoms with Crippen LogP contribution in [0.15, 0.2) is 0 Å². The van der Waals surface area contributed by atoms with Gasteiger partial charge in [-0.2, -0.15) is 0 Å². The Balaban J connectivity index is 1.86. The molecule has 3 N–H and O–H groups in total. The van der Waals surface area contributed by atoms with E-state index in [1.165, 1.54) is 25.9 Å². The van der Waals surface area contributed by atoms with Crippen LogP contribution in [0.25, 0.3) is 0 Å². The fourth-order valence-corrected chi connectivity index (χ4v) is 3.37. The van der Waals surface area contributed by atoms with Crippen molar-refractivity contribution >= 4 is 5.91 Å². The van der Waals surface area contributed by atoms with E-state index in [-0.39, 0.29) is 11.3 Å². The lowest BCUT2D eigenvalue weighted by Gasteiger charge is -2.40. The Morgan fingerprint density at radius 2 is 1.89 bits per heavy atom. The standard InChI is InChI=1S/C15H29N3O/c1-12(2)13(18-8-3-4-9-18)10-17-14(19)15(11-16)6-5-7-15/h12-13H,3-11,16H2,1-2H3,(H,17,19). The summed E-state index contributed by atoms with van der Waals surface area (Å²) in [4.78, 5) is 14.8. The number of hydrogen-bond acceptors (Lipinski definition) is 3. The summed E-state index contributed by atoms with van der Waals surface area (Å²) < 4.78 is 0. The molecular formula is C15H29N3O. The van der Waals surface area contributed by atoms with E-state index in [1.54, 1.807) is 0 Å². The van der Waals surface area contributed by atoms with Crippen molar-refractivity contribution in [3.05, 3.63) is 0 Å². The third-order valence-corrected chi connectivity index (χ3v) is 5.03. The van der Waals surface area contributed by atoms with Crippen LogP contribution >= 0.6 is 0 Å². The quantitative estimate of drug-likeness (QED) is 0.764. The van der Waals surface area contributed by atoms with E-state index in [0.717, 1.165) is 25.8 Å². The first-order chi connectivity index (χ1) is 9.09. The molecule has 0 aromatic heterocycles. The maximum Gasteiger partial charge on any atom is 0.227 e. The number of likely N-dealkylation sites (tertiary alicyclic amines) is 1. The minimum absolute atomic E-state index is 0.186. The van der Waals surface area contributed by atoms with Crippen LogP contribution in [-0.2, 0) is 4.79 Å². The van der Waals surface area contributed by atoms with Gasteiger partial charge in [-0.05, 0) is 44.7 Å². The normalized spacial score (nSPS) is 24.2. The van der Waals surface area contributed by atoms with Gasteiger partial charge in [0.2, 0.25) is 5.91 Å². The number of nitrogens with zero attached hydrogens (tertiary/aromatic N) is 1. The molecule has 2 fully saturated rings. The Kier molecular flexibility index (Phi) is 4.85. The fraction of sp³-hybridized carbons (Fsp3) is 0.933. The van der Waals surface area contributed by atoms with E-state index < -0.39 is 0 Å².